The van der Waals surface area contributed by atoms with Gasteiger partial charge in [0.1, 0.15) is 11.3 Å². The van der Waals surface area contributed by atoms with Crippen LogP contribution < -0.4 is 10.3 Å². The van der Waals surface area contributed by atoms with Crippen LogP contribution in [-0.4, -0.2) is 47.2 Å². The van der Waals surface area contributed by atoms with Gasteiger partial charge in [0.15, 0.2) is 0 Å². The molecule has 0 N–H and O–H groups in total. The van der Waals surface area contributed by atoms with E-state index in [9.17, 15) is 9.59 Å². The Kier molecular flexibility index (Phi) is 7.61. The predicted octanol–water partition coefficient (Wildman–Crippen LogP) is 4.25. The molecule has 2 aromatic carbocycles. The van der Waals surface area contributed by atoms with Crippen molar-refractivity contribution in [3.05, 3.63) is 106 Å². The third-order valence-electron chi connectivity index (χ3n) is 6.92. The number of hydrogen-bond acceptors (Lipinski definition) is 6. The number of aryl methyl sites for hydroxylation is 1. The summed E-state index contributed by atoms with van der Waals surface area (Å²) in [6, 6.07) is 21.8. The van der Waals surface area contributed by atoms with Crippen molar-refractivity contribution in [2.75, 3.05) is 26.8 Å². The minimum Gasteiger partial charge on any atom is -0.492 e. The molecule has 7 nitrogen and oxygen atoms in total. The quantitative estimate of drug-likeness (QED) is 0.268. The largest absolute Gasteiger partial charge is 0.492 e. The molecule has 1 aliphatic rings. The average molecular weight is 498 g/mol. The first-order valence-electron chi connectivity index (χ1n) is 12.7. The summed E-state index contributed by atoms with van der Waals surface area (Å²) >= 11 is 0. The number of hydrogen-bond donors (Lipinski definition) is 0. The molecule has 0 amide bonds. The Balaban J connectivity index is 1.34. The van der Waals surface area contributed by atoms with Crippen LogP contribution in [0.4, 0.5) is 0 Å². The monoisotopic (exact) mass is 497 g/mol. The number of rotatable bonds is 8. The van der Waals surface area contributed by atoms with Crippen molar-refractivity contribution in [2.24, 2.45) is 0 Å². The van der Waals surface area contributed by atoms with Gasteiger partial charge in [-0.1, -0.05) is 48.5 Å². The number of methoxy groups -OCH3 is 1. The van der Waals surface area contributed by atoms with Crippen LogP contribution in [0.15, 0.2) is 77.7 Å². The molecule has 0 fully saturated rings. The number of carbonyl (C=O) groups is 1. The first-order valence-corrected chi connectivity index (χ1v) is 12.7. The third-order valence-corrected chi connectivity index (χ3v) is 6.92. The van der Waals surface area contributed by atoms with Crippen molar-refractivity contribution >= 4 is 16.9 Å². The molecule has 5 rings (SSSR count). The molecule has 2 aromatic heterocycles. The number of carbonyl (C=O) groups excluding carboxylic acids is 1. The van der Waals surface area contributed by atoms with E-state index in [2.05, 4.69) is 34.1 Å². The Morgan fingerprint density at radius 1 is 1.00 bits per heavy atom. The Morgan fingerprint density at radius 2 is 1.86 bits per heavy atom. The van der Waals surface area contributed by atoms with Crippen LogP contribution in [0.5, 0.6) is 5.75 Å². The number of fused-ring (bicyclic) bond motifs is 2. The van der Waals surface area contributed by atoms with Gasteiger partial charge in [-0.25, -0.2) is 4.79 Å². The highest BCUT2D eigenvalue weighted by Gasteiger charge is 2.26. The first kappa shape index (κ1) is 24.7. The van der Waals surface area contributed by atoms with Crippen molar-refractivity contribution in [1.82, 2.24) is 14.5 Å². The molecule has 0 spiro atoms. The fourth-order valence-corrected chi connectivity index (χ4v) is 5.04. The van der Waals surface area contributed by atoms with Crippen LogP contribution in [0.25, 0.3) is 10.9 Å². The highest BCUT2D eigenvalue weighted by molar-refractivity contribution is 5.93. The van der Waals surface area contributed by atoms with Gasteiger partial charge in [0.05, 0.1) is 19.2 Å². The number of pyridine rings is 2. The molecular weight excluding hydrogens is 466 g/mol. The van der Waals surface area contributed by atoms with Crippen molar-refractivity contribution in [3.63, 3.8) is 0 Å². The first-order chi connectivity index (χ1) is 18.1. The van der Waals surface area contributed by atoms with Crippen LogP contribution in [0.1, 0.15) is 33.6 Å². The molecule has 37 heavy (non-hydrogen) atoms. The Bertz CT molecular complexity index is 1440. The molecule has 0 atom stereocenters. The molecular formula is C30H31N3O4. The van der Waals surface area contributed by atoms with Crippen molar-refractivity contribution < 1.29 is 14.3 Å². The van der Waals surface area contributed by atoms with Crippen molar-refractivity contribution in [2.45, 2.75) is 32.4 Å². The minimum absolute atomic E-state index is 0.156. The fraction of sp³-hybridized carbons (Fsp3) is 0.300. The van der Waals surface area contributed by atoms with Crippen LogP contribution in [-0.2, 0) is 30.7 Å². The van der Waals surface area contributed by atoms with Gasteiger partial charge < -0.3 is 14.0 Å². The second kappa shape index (κ2) is 11.4. The number of nitrogens with zero attached hydrogens (tertiary/aromatic N) is 3. The van der Waals surface area contributed by atoms with Crippen LogP contribution in [0.2, 0.25) is 0 Å². The van der Waals surface area contributed by atoms with Crippen LogP contribution in [0.3, 0.4) is 0 Å². The van der Waals surface area contributed by atoms with Crippen molar-refractivity contribution in [3.8, 4) is 5.75 Å². The molecule has 3 heterocycles. The molecule has 4 aromatic rings. The predicted molar refractivity (Wildman–Crippen MR) is 143 cm³/mol. The number of aromatic nitrogens is 2. The minimum atomic E-state index is -0.476. The highest BCUT2D eigenvalue weighted by Crippen LogP contribution is 2.25. The lowest BCUT2D eigenvalue weighted by Crippen LogP contribution is -2.29. The van der Waals surface area contributed by atoms with E-state index in [1.54, 1.807) is 10.8 Å². The van der Waals surface area contributed by atoms with Gasteiger partial charge in [-0.15, -0.1) is 0 Å². The van der Waals surface area contributed by atoms with E-state index < -0.39 is 5.97 Å². The molecule has 0 bridgehead atoms. The van der Waals surface area contributed by atoms with Crippen molar-refractivity contribution in [1.29, 1.82) is 0 Å². The second-order valence-electron chi connectivity index (χ2n) is 9.26. The smallest absolute Gasteiger partial charge is 0.343 e. The lowest BCUT2D eigenvalue weighted by molar-refractivity contribution is 0.0593. The molecule has 190 valence electrons. The highest BCUT2D eigenvalue weighted by atomic mass is 16.5. The number of benzene rings is 2. The summed E-state index contributed by atoms with van der Waals surface area (Å²) in [5, 5.41) is 1.13. The zero-order valence-electron chi connectivity index (χ0n) is 21.1. The maximum absolute atomic E-state index is 13.1. The van der Waals surface area contributed by atoms with E-state index in [-0.39, 0.29) is 5.56 Å². The van der Waals surface area contributed by atoms with E-state index in [1.165, 1.54) is 24.3 Å². The molecule has 0 saturated heterocycles. The Labute approximate surface area is 216 Å². The van der Waals surface area contributed by atoms with Crippen LogP contribution in [0, 0.1) is 0 Å². The third kappa shape index (κ3) is 5.57. The normalized spacial score (nSPS) is 13.6. The Hall–Kier alpha value is -3.97. The molecule has 0 radical (unpaired) electrons. The topological polar surface area (TPSA) is 73.7 Å². The lowest BCUT2D eigenvalue weighted by Gasteiger charge is -2.20. The fourth-order valence-electron chi connectivity index (χ4n) is 5.04. The summed E-state index contributed by atoms with van der Waals surface area (Å²) in [6.07, 6.45) is 3.98. The van der Waals surface area contributed by atoms with Gasteiger partial charge in [-0.05, 0) is 36.1 Å². The average Bonchev–Trinajstić information content (AvgIpc) is 3.15. The van der Waals surface area contributed by atoms with E-state index in [0.717, 1.165) is 30.3 Å². The molecule has 0 saturated carbocycles. The van der Waals surface area contributed by atoms with E-state index in [4.69, 9.17) is 9.47 Å². The maximum Gasteiger partial charge on any atom is 0.343 e. The zero-order valence-corrected chi connectivity index (χ0v) is 21.1. The van der Waals surface area contributed by atoms with Gasteiger partial charge in [0.25, 0.3) is 5.56 Å². The van der Waals surface area contributed by atoms with E-state index >= 15 is 0 Å². The number of ether oxygens (including phenoxy) is 2. The molecule has 1 aliphatic heterocycles. The standard InChI is InChI=1S/C30H31N3O4/c1-36-30(35)29-26-14-16-32(21-23-11-5-13-25-24(23)12-6-15-31-25)17-18-33(26)28(34)20-27(29)37-19-7-10-22-8-3-2-4-9-22/h2-6,8-9,11-13,15,20H,7,10,14,16-19,21H2,1H3. The second-order valence-corrected chi connectivity index (χ2v) is 9.26. The van der Waals surface area contributed by atoms with Gasteiger partial charge >= 0.3 is 5.97 Å². The van der Waals surface area contributed by atoms with Gasteiger partial charge in [-0.2, -0.15) is 0 Å². The molecule has 0 unspecified atom stereocenters. The zero-order chi connectivity index (χ0) is 25.6. The number of esters is 1. The molecule has 7 heteroatoms. The molecule has 0 aliphatic carbocycles. The summed E-state index contributed by atoms with van der Waals surface area (Å²) in [7, 11) is 1.36. The summed E-state index contributed by atoms with van der Waals surface area (Å²) in [5.41, 5.74) is 4.27. The lowest BCUT2D eigenvalue weighted by atomic mass is 10.1. The van der Waals surface area contributed by atoms with E-state index in [1.807, 2.05) is 36.4 Å². The van der Waals surface area contributed by atoms with Gasteiger partial charge in [0.2, 0.25) is 0 Å². The van der Waals surface area contributed by atoms with Gasteiger partial charge in [-0.3, -0.25) is 14.7 Å². The summed E-state index contributed by atoms with van der Waals surface area (Å²) in [4.78, 5) is 32.7. The SMILES string of the molecule is COC(=O)c1c(OCCCc2ccccc2)cc(=O)n2c1CCN(Cc1cccc3ncccc13)CC2. The summed E-state index contributed by atoms with van der Waals surface area (Å²) < 4.78 is 12.8. The van der Waals surface area contributed by atoms with E-state index in [0.29, 0.717) is 49.7 Å². The van der Waals surface area contributed by atoms with Gasteiger partial charge in [0, 0.05) is 55.9 Å². The Morgan fingerprint density at radius 3 is 2.70 bits per heavy atom. The van der Waals surface area contributed by atoms with Crippen LogP contribution >= 0.6 is 0 Å². The summed E-state index contributed by atoms with van der Waals surface area (Å²) in [5.74, 6) is -0.167. The summed E-state index contributed by atoms with van der Waals surface area (Å²) in [6.45, 7) is 3.04. The maximum atomic E-state index is 13.1.